The standard InChI is InChI=1S/C39H39Cl2N3O5S/c1-39(2,3)49-38(46)43-24-32(37(45)44(30-20-21-30)23-29-16-11-19-33(40)36(29)41)35(28-15-10-14-27(22-28)26-12-6-4-7-13-26)34(25-43)42-50(47,48)31-17-8-5-9-18-31/h4-19,22,30,34,42H,20-21,23-25H2,1-3H3. The van der Waals surface area contributed by atoms with E-state index in [0.717, 1.165) is 24.0 Å². The number of ether oxygens (including phenoxy) is 1. The number of halogens is 2. The van der Waals surface area contributed by atoms with Crippen molar-refractivity contribution >= 4 is 50.8 Å². The van der Waals surface area contributed by atoms with E-state index in [1.807, 2.05) is 60.7 Å². The molecule has 2 aliphatic rings. The van der Waals surface area contributed by atoms with Crippen molar-refractivity contribution in [2.75, 3.05) is 13.1 Å². The quantitative estimate of drug-likeness (QED) is 0.187. The van der Waals surface area contributed by atoms with Crippen molar-refractivity contribution in [1.29, 1.82) is 0 Å². The van der Waals surface area contributed by atoms with Crippen LogP contribution in [0.4, 0.5) is 4.79 Å². The number of rotatable bonds is 9. The monoisotopic (exact) mass is 731 g/mol. The normalized spacial score (nSPS) is 16.7. The summed E-state index contributed by atoms with van der Waals surface area (Å²) in [6, 6.07) is 29.8. The highest BCUT2D eigenvalue weighted by molar-refractivity contribution is 7.89. The highest BCUT2D eigenvalue weighted by Crippen LogP contribution is 2.37. The molecule has 1 N–H and O–H groups in total. The molecule has 260 valence electrons. The first kappa shape index (κ1) is 35.7. The van der Waals surface area contributed by atoms with Crippen molar-refractivity contribution in [1.82, 2.24) is 14.5 Å². The second-order valence-electron chi connectivity index (χ2n) is 13.6. The van der Waals surface area contributed by atoms with Crippen LogP contribution >= 0.6 is 23.2 Å². The summed E-state index contributed by atoms with van der Waals surface area (Å²) in [5.74, 6) is -0.319. The Balaban J connectivity index is 1.52. The first-order chi connectivity index (χ1) is 23.8. The fourth-order valence-electron chi connectivity index (χ4n) is 6.11. The van der Waals surface area contributed by atoms with Crippen LogP contribution in [0.25, 0.3) is 16.7 Å². The van der Waals surface area contributed by atoms with Crippen LogP contribution in [0, 0.1) is 0 Å². The lowest BCUT2D eigenvalue weighted by atomic mass is 9.87. The van der Waals surface area contributed by atoms with E-state index < -0.39 is 27.8 Å². The molecule has 0 aromatic heterocycles. The zero-order valence-corrected chi connectivity index (χ0v) is 30.4. The number of amides is 2. The maximum absolute atomic E-state index is 15.0. The van der Waals surface area contributed by atoms with Gasteiger partial charge < -0.3 is 14.5 Å². The van der Waals surface area contributed by atoms with Crippen LogP contribution < -0.4 is 4.72 Å². The molecular weight excluding hydrogens is 693 g/mol. The van der Waals surface area contributed by atoms with Crippen molar-refractivity contribution in [2.45, 2.75) is 62.7 Å². The summed E-state index contributed by atoms with van der Waals surface area (Å²) >= 11 is 13.0. The lowest BCUT2D eigenvalue weighted by Gasteiger charge is -2.38. The molecule has 8 nitrogen and oxygen atoms in total. The van der Waals surface area contributed by atoms with Gasteiger partial charge in [0.1, 0.15) is 5.60 Å². The van der Waals surface area contributed by atoms with E-state index in [1.165, 1.54) is 17.0 Å². The Labute approximate surface area is 303 Å². The highest BCUT2D eigenvalue weighted by Gasteiger charge is 2.42. The molecule has 11 heteroatoms. The van der Waals surface area contributed by atoms with Gasteiger partial charge in [0, 0.05) is 24.7 Å². The third-order valence-corrected chi connectivity index (χ3v) is 10.9. The maximum atomic E-state index is 15.0. The van der Waals surface area contributed by atoms with Gasteiger partial charge in [0.05, 0.1) is 27.5 Å². The number of sulfonamides is 1. The van der Waals surface area contributed by atoms with Crippen molar-refractivity contribution in [3.63, 3.8) is 0 Å². The Morgan fingerprint density at radius 1 is 0.860 bits per heavy atom. The topological polar surface area (TPSA) is 96.0 Å². The van der Waals surface area contributed by atoms with Gasteiger partial charge in [-0.05, 0) is 85.7 Å². The Morgan fingerprint density at radius 2 is 1.48 bits per heavy atom. The predicted molar refractivity (Wildman–Crippen MR) is 197 cm³/mol. The number of carbonyl (C=O) groups is 2. The lowest BCUT2D eigenvalue weighted by molar-refractivity contribution is -0.128. The van der Waals surface area contributed by atoms with E-state index in [2.05, 4.69) is 4.72 Å². The van der Waals surface area contributed by atoms with Crippen LogP contribution in [0.15, 0.2) is 114 Å². The molecule has 1 fully saturated rings. The molecule has 1 heterocycles. The molecule has 2 amide bonds. The van der Waals surface area contributed by atoms with E-state index >= 15 is 0 Å². The minimum Gasteiger partial charge on any atom is -0.444 e. The van der Waals surface area contributed by atoms with E-state index in [1.54, 1.807) is 56.0 Å². The van der Waals surface area contributed by atoms with Gasteiger partial charge in [0.15, 0.2) is 0 Å². The maximum Gasteiger partial charge on any atom is 0.410 e. The molecule has 1 aliphatic heterocycles. The summed E-state index contributed by atoms with van der Waals surface area (Å²) < 4.78 is 36.5. The molecule has 6 rings (SSSR count). The highest BCUT2D eigenvalue weighted by atomic mass is 35.5. The molecule has 1 saturated carbocycles. The minimum atomic E-state index is -4.10. The van der Waals surface area contributed by atoms with Gasteiger partial charge >= 0.3 is 6.09 Å². The summed E-state index contributed by atoms with van der Waals surface area (Å²) in [5.41, 5.74) is 3.17. The fourth-order valence-corrected chi connectivity index (χ4v) is 7.71. The number of carbonyl (C=O) groups excluding carboxylic acids is 2. The first-order valence-corrected chi connectivity index (χ1v) is 18.7. The van der Waals surface area contributed by atoms with Crippen LogP contribution in [-0.4, -0.2) is 61.0 Å². The number of hydrogen-bond acceptors (Lipinski definition) is 5. The molecule has 4 aromatic rings. The predicted octanol–water partition coefficient (Wildman–Crippen LogP) is 8.20. The van der Waals surface area contributed by atoms with Crippen LogP contribution in [0.1, 0.15) is 44.7 Å². The Morgan fingerprint density at radius 3 is 2.14 bits per heavy atom. The van der Waals surface area contributed by atoms with Gasteiger partial charge in [-0.2, -0.15) is 0 Å². The van der Waals surface area contributed by atoms with Gasteiger partial charge in [0.25, 0.3) is 5.91 Å². The molecule has 0 spiro atoms. The molecule has 4 aromatic carbocycles. The van der Waals surface area contributed by atoms with Crippen LogP contribution in [0.5, 0.6) is 0 Å². The molecule has 1 unspecified atom stereocenters. The van der Waals surface area contributed by atoms with E-state index in [0.29, 0.717) is 26.7 Å². The Kier molecular flexibility index (Phi) is 10.4. The molecule has 1 aliphatic carbocycles. The lowest BCUT2D eigenvalue weighted by Crippen LogP contribution is -2.53. The number of hydrogen-bond donors (Lipinski definition) is 1. The number of nitrogens with zero attached hydrogens (tertiary/aromatic N) is 2. The van der Waals surface area contributed by atoms with Gasteiger partial charge in [-0.1, -0.05) is 102 Å². The average Bonchev–Trinajstić information content (AvgIpc) is 3.94. The van der Waals surface area contributed by atoms with Crippen LogP contribution in [-0.2, 0) is 26.1 Å². The van der Waals surface area contributed by atoms with Crippen molar-refractivity contribution in [2.24, 2.45) is 0 Å². The summed E-state index contributed by atoms with van der Waals surface area (Å²) in [6.07, 6.45) is 0.950. The summed E-state index contributed by atoms with van der Waals surface area (Å²) in [4.78, 5) is 31.9. The van der Waals surface area contributed by atoms with E-state index in [9.17, 15) is 18.0 Å². The minimum absolute atomic E-state index is 0.0571. The molecule has 50 heavy (non-hydrogen) atoms. The number of benzene rings is 4. The molecule has 0 saturated heterocycles. The van der Waals surface area contributed by atoms with Crippen molar-refractivity contribution in [3.05, 3.63) is 130 Å². The molecule has 1 atom stereocenters. The van der Waals surface area contributed by atoms with Gasteiger partial charge in [0.2, 0.25) is 10.0 Å². The summed E-state index contributed by atoms with van der Waals surface area (Å²) in [7, 11) is -4.10. The van der Waals surface area contributed by atoms with Crippen molar-refractivity contribution in [3.8, 4) is 11.1 Å². The third kappa shape index (κ3) is 8.24. The Hall–Kier alpha value is -4.15. The third-order valence-electron chi connectivity index (χ3n) is 8.59. The van der Waals surface area contributed by atoms with E-state index in [-0.39, 0.29) is 42.1 Å². The zero-order valence-electron chi connectivity index (χ0n) is 28.1. The SMILES string of the molecule is CC(C)(C)OC(=O)N1CC(C(=O)N(Cc2cccc(Cl)c2Cl)C2CC2)=C(c2cccc(-c3ccccc3)c2)C(NS(=O)(=O)c2ccccc2)C1. The van der Waals surface area contributed by atoms with Crippen molar-refractivity contribution < 1.29 is 22.7 Å². The van der Waals surface area contributed by atoms with Gasteiger partial charge in [-0.3, -0.25) is 4.79 Å². The van der Waals surface area contributed by atoms with Crippen LogP contribution in [0.3, 0.4) is 0 Å². The number of nitrogens with one attached hydrogen (secondary N) is 1. The summed E-state index contributed by atoms with van der Waals surface area (Å²) in [6.45, 7) is 5.32. The first-order valence-electron chi connectivity index (χ1n) is 16.5. The Bertz CT molecular complexity index is 2030. The largest absolute Gasteiger partial charge is 0.444 e. The zero-order chi connectivity index (χ0) is 35.6. The summed E-state index contributed by atoms with van der Waals surface area (Å²) in [5, 5.41) is 0.749. The van der Waals surface area contributed by atoms with Crippen LogP contribution in [0.2, 0.25) is 10.0 Å². The molecular formula is C39H39Cl2N3O5S. The average molecular weight is 733 g/mol. The smallest absolute Gasteiger partial charge is 0.410 e. The van der Waals surface area contributed by atoms with Gasteiger partial charge in [-0.25, -0.2) is 17.9 Å². The fraction of sp³-hybridized carbons (Fsp3) is 0.282. The van der Waals surface area contributed by atoms with Gasteiger partial charge in [-0.15, -0.1) is 0 Å². The van der Waals surface area contributed by atoms with E-state index in [4.69, 9.17) is 27.9 Å². The second-order valence-corrected chi connectivity index (χ2v) is 16.1. The molecule has 0 radical (unpaired) electrons. The second kappa shape index (κ2) is 14.6. The molecule has 0 bridgehead atoms.